The zero-order chi connectivity index (χ0) is 19.6. The highest BCUT2D eigenvalue weighted by atomic mass is 16.5. The second kappa shape index (κ2) is 11.1. The smallest absolute Gasteiger partial charge is 0.119 e. The van der Waals surface area contributed by atoms with Crippen molar-refractivity contribution < 1.29 is 14.6 Å². The lowest BCUT2D eigenvalue weighted by atomic mass is 10.1. The van der Waals surface area contributed by atoms with E-state index in [0.29, 0.717) is 19.1 Å². The predicted molar refractivity (Wildman–Crippen MR) is 109 cm³/mol. The first kappa shape index (κ1) is 21.5. The Hall–Kier alpha value is -1.82. The van der Waals surface area contributed by atoms with Gasteiger partial charge < -0.3 is 19.1 Å². The van der Waals surface area contributed by atoms with E-state index in [1.165, 1.54) is 11.3 Å². The highest BCUT2D eigenvalue weighted by molar-refractivity contribution is 5.29. The summed E-state index contributed by atoms with van der Waals surface area (Å²) in [6, 6.07) is 12.4. The lowest BCUT2D eigenvalue weighted by Crippen LogP contribution is -2.36. The molecule has 0 aliphatic rings. The van der Waals surface area contributed by atoms with Crippen molar-refractivity contribution in [2.75, 3.05) is 33.9 Å². The van der Waals surface area contributed by atoms with E-state index >= 15 is 0 Å². The topological polar surface area (TPSA) is 46.9 Å². The van der Waals surface area contributed by atoms with Crippen LogP contribution in [0.15, 0.2) is 42.6 Å². The minimum atomic E-state index is -0.469. The number of hydrogen-bond donors (Lipinski definition) is 1. The van der Waals surface area contributed by atoms with Crippen molar-refractivity contribution >= 4 is 0 Å². The van der Waals surface area contributed by atoms with Crippen LogP contribution in [0.3, 0.4) is 0 Å². The van der Waals surface area contributed by atoms with Gasteiger partial charge >= 0.3 is 0 Å². The fourth-order valence-corrected chi connectivity index (χ4v) is 3.16. The molecule has 5 nitrogen and oxygen atoms in total. The molecule has 0 fully saturated rings. The molecule has 0 bridgehead atoms. The molecule has 0 radical (unpaired) electrons. The predicted octanol–water partition coefficient (Wildman–Crippen LogP) is 3.40. The summed E-state index contributed by atoms with van der Waals surface area (Å²) >= 11 is 0. The molecule has 0 saturated carbocycles. The van der Waals surface area contributed by atoms with Crippen LogP contribution < -0.4 is 4.74 Å². The Balaban J connectivity index is 2.07. The number of nitrogens with zero attached hydrogens (tertiary/aromatic N) is 2. The SMILES string of the molecule is COC[C@@H](O)CN(CCC(C)C)Cc1cccn1Cc1cccc(OC)c1. The lowest BCUT2D eigenvalue weighted by molar-refractivity contribution is 0.0343. The van der Waals surface area contributed by atoms with Gasteiger partial charge in [-0.2, -0.15) is 0 Å². The first-order valence-electron chi connectivity index (χ1n) is 9.68. The molecule has 1 aromatic heterocycles. The Labute approximate surface area is 163 Å². The molecule has 2 aromatic rings. The third kappa shape index (κ3) is 7.37. The van der Waals surface area contributed by atoms with Crippen LogP contribution in [0.5, 0.6) is 5.75 Å². The number of aromatic nitrogens is 1. The number of aliphatic hydroxyl groups is 1. The molecule has 5 heteroatoms. The van der Waals surface area contributed by atoms with Crippen molar-refractivity contribution in [2.24, 2.45) is 5.92 Å². The molecule has 0 unspecified atom stereocenters. The maximum absolute atomic E-state index is 10.2. The van der Waals surface area contributed by atoms with Crippen molar-refractivity contribution in [2.45, 2.75) is 39.5 Å². The molecule has 150 valence electrons. The molecule has 1 atom stereocenters. The normalized spacial score (nSPS) is 12.7. The summed E-state index contributed by atoms with van der Waals surface area (Å²) in [5.41, 5.74) is 2.45. The molecule has 1 heterocycles. The molecule has 0 saturated heterocycles. The highest BCUT2D eigenvalue weighted by Gasteiger charge is 2.15. The van der Waals surface area contributed by atoms with E-state index in [-0.39, 0.29) is 0 Å². The van der Waals surface area contributed by atoms with Crippen molar-refractivity contribution in [3.05, 3.63) is 53.9 Å². The van der Waals surface area contributed by atoms with Crippen LogP contribution in [0.25, 0.3) is 0 Å². The highest BCUT2D eigenvalue weighted by Crippen LogP contribution is 2.16. The van der Waals surface area contributed by atoms with Crippen molar-refractivity contribution in [1.29, 1.82) is 0 Å². The molecule has 0 amide bonds. The molecule has 1 N–H and O–H groups in total. The quantitative estimate of drug-likeness (QED) is 0.619. The third-order valence-corrected chi connectivity index (χ3v) is 4.65. The van der Waals surface area contributed by atoms with Crippen LogP contribution in [0, 0.1) is 5.92 Å². The summed E-state index contributed by atoms with van der Waals surface area (Å²) in [6.07, 6.45) is 2.75. The fraction of sp³-hybridized carbons (Fsp3) is 0.545. The zero-order valence-corrected chi connectivity index (χ0v) is 17.1. The Bertz CT molecular complexity index is 669. The molecular formula is C22H34N2O3. The van der Waals surface area contributed by atoms with Gasteiger partial charge in [0.2, 0.25) is 0 Å². The van der Waals surface area contributed by atoms with Gasteiger partial charge in [0.1, 0.15) is 5.75 Å². The largest absolute Gasteiger partial charge is 0.497 e. The number of rotatable bonds is 12. The monoisotopic (exact) mass is 374 g/mol. The Kier molecular flexibility index (Phi) is 8.85. The molecule has 2 rings (SSSR count). The van der Waals surface area contributed by atoms with Gasteiger partial charge in [0.15, 0.2) is 0 Å². The lowest BCUT2D eigenvalue weighted by Gasteiger charge is -2.26. The third-order valence-electron chi connectivity index (χ3n) is 4.65. The molecule has 1 aromatic carbocycles. The van der Waals surface area contributed by atoms with Gasteiger partial charge in [-0.05, 0) is 48.7 Å². The van der Waals surface area contributed by atoms with Crippen LogP contribution in [-0.2, 0) is 17.8 Å². The van der Waals surface area contributed by atoms with Gasteiger partial charge in [-0.25, -0.2) is 0 Å². The van der Waals surface area contributed by atoms with Gasteiger partial charge in [0.05, 0.1) is 19.8 Å². The van der Waals surface area contributed by atoms with E-state index < -0.39 is 6.10 Å². The summed E-state index contributed by atoms with van der Waals surface area (Å²) < 4.78 is 12.7. The van der Waals surface area contributed by atoms with E-state index in [0.717, 1.165) is 31.8 Å². The van der Waals surface area contributed by atoms with E-state index in [1.807, 2.05) is 12.1 Å². The zero-order valence-electron chi connectivity index (χ0n) is 17.1. The van der Waals surface area contributed by atoms with Crippen LogP contribution in [0.1, 0.15) is 31.5 Å². The van der Waals surface area contributed by atoms with Crippen LogP contribution in [0.2, 0.25) is 0 Å². The second-order valence-electron chi connectivity index (χ2n) is 7.51. The number of methoxy groups -OCH3 is 2. The van der Waals surface area contributed by atoms with Gasteiger partial charge in [-0.3, -0.25) is 4.90 Å². The molecule has 27 heavy (non-hydrogen) atoms. The van der Waals surface area contributed by atoms with Crippen molar-refractivity contribution in [1.82, 2.24) is 9.47 Å². The fourth-order valence-electron chi connectivity index (χ4n) is 3.16. The van der Waals surface area contributed by atoms with Crippen molar-refractivity contribution in [3.63, 3.8) is 0 Å². The van der Waals surface area contributed by atoms with Crippen LogP contribution in [0.4, 0.5) is 0 Å². The summed E-state index contributed by atoms with van der Waals surface area (Å²) in [5.74, 6) is 1.51. The van der Waals surface area contributed by atoms with Gasteiger partial charge in [-0.1, -0.05) is 26.0 Å². The number of hydrogen-bond acceptors (Lipinski definition) is 4. The maximum atomic E-state index is 10.2. The minimum absolute atomic E-state index is 0.364. The van der Waals surface area contributed by atoms with Gasteiger partial charge in [0, 0.05) is 38.6 Å². The number of aliphatic hydroxyl groups excluding tert-OH is 1. The minimum Gasteiger partial charge on any atom is -0.497 e. The molecule has 0 spiro atoms. The number of benzene rings is 1. The van der Waals surface area contributed by atoms with E-state index in [2.05, 4.69) is 53.8 Å². The summed E-state index contributed by atoms with van der Waals surface area (Å²) in [5, 5.41) is 10.2. The standard InChI is InChI=1S/C22H34N2O3/c1-18(2)10-12-23(16-21(25)17-26-3)15-20-8-6-11-24(20)14-19-7-5-9-22(13-19)27-4/h5-9,11,13,18,21,25H,10,12,14-17H2,1-4H3/t21-/m0/s1. The Morgan fingerprint density at radius 3 is 2.67 bits per heavy atom. The first-order valence-corrected chi connectivity index (χ1v) is 9.68. The maximum Gasteiger partial charge on any atom is 0.119 e. The summed E-state index contributed by atoms with van der Waals surface area (Å²) in [6.45, 7) is 8.02. The average Bonchev–Trinajstić information content (AvgIpc) is 3.06. The molecular weight excluding hydrogens is 340 g/mol. The molecule has 0 aliphatic heterocycles. The van der Waals surface area contributed by atoms with E-state index in [4.69, 9.17) is 9.47 Å². The Morgan fingerprint density at radius 2 is 1.96 bits per heavy atom. The summed E-state index contributed by atoms with van der Waals surface area (Å²) in [7, 11) is 3.32. The van der Waals surface area contributed by atoms with E-state index in [9.17, 15) is 5.11 Å². The number of ether oxygens (including phenoxy) is 2. The van der Waals surface area contributed by atoms with Gasteiger partial charge in [0.25, 0.3) is 0 Å². The van der Waals surface area contributed by atoms with Gasteiger partial charge in [-0.15, -0.1) is 0 Å². The summed E-state index contributed by atoms with van der Waals surface area (Å²) in [4.78, 5) is 2.32. The Morgan fingerprint density at radius 1 is 1.15 bits per heavy atom. The average molecular weight is 375 g/mol. The second-order valence-corrected chi connectivity index (χ2v) is 7.51. The molecule has 0 aliphatic carbocycles. The van der Waals surface area contributed by atoms with Crippen molar-refractivity contribution in [3.8, 4) is 5.75 Å². The van der Waals surface area contributed by atoms with Crippen LogP contribution >= 0.6 is 0 Å². The first-order chi connectivity index (χ1) is 13.0. The van der Waals surface area contributed by atoms with Crippen LogP contribution in [-0.4, -0.2) is 54.6 Å². The van der Waals surface area contributed by atoms with E-state index in [1.54, 1.807) is 14.2 Å².